The minimum atomic E-state index is -4.49. The number of thioether (sulfide) groups is 1. The van der Waals surface area contributed by atoms with Crippen molar-refractivity contribution in [2.45, 2.75) is 32.5 Å². The van der Waals surface area contributed by atoms with Gasteiger partial charge in [-0.1, -0.05) is 13.8 Å². The van der Waals surface area contributed by atoms with E-state index in [0.717, 1.165) is 28.9 Å². The summed E-state index contributed by atoms with van der Waals surface area (Å²) in [5, 5.41) is 8.66. The van der Waals surface area contributed by atoms with Gasteiger partial charge in [0.05, 0.1) is 11.3 Å². The minimum Gasteiger partial charge on any atom is -0.372 e. The van der Waals surface area contributed by atoms with Crippen LogP contribution in [0.25, 0.3) is 22.2 Å². The quantitative estimate of drug-likeness (QED) is 0.327. The smallest absolute Gasteiger partial charge is 0.372 e. The number of aromatic nitrogens is 3. The fourth-order valence-electron chi connectivity index (χ4n) is 4.13. The summed E-state index contributed by atoms with van der Waals surface area (Å²) < 4.78 is 37.7. The maximum absolute atomic E-state index is 12.7. The molecular weight excluding hydrogens is 505 g/mol. The SMILES string of the molecule is CC(C)[C@@H](Nc1cncc(-c2c[nH]c3ncc(C(=O)NCC4CCSC4)cc23)c1)C(=O)NCC(F)(F)F. The molecule has 1 fully saturated rings. The molecule has 0 saturated carbocycles. The number of rotatable bonds is 9. The van der Waals surface area contributed by atoms with Crippen molar-refractivity contribution in [3.05, 3.63) is 42.5 Å². The summed E-state index contributed by atoms with van der Waals surface area (Å²) in [5.74, 6) is 1.45. The standard InChI is InChI=1S/C25H29F3N6O2S/c1-14(2)21(24(36)33-13-25(26,27)28)34-18-5-16(8-29-10-18)20-11-31-22-19(20)6-17(9-30-22)23(35)32-7-15-3-4-37-12-15/h5-6,8-11,14-15,21,34H,3-4,7,12-13H2,1-2H3,(H,30,31)(H,32,35)(H,33,36)/t15?,21-/m1/s1. The Morgan fingerprint density at radius 2 is 2.00 bits per heavy atom. The van der Waals surface area contributed by atoms with Crippen LogP contribution in [0.5, 0.6) is 0 Å². The molecule has 1 aliphatic heterocycles. The maximum Gasteiger partial charge on any atom is 0.405 e. The molecule has 37 heavy (non-hydrogen) atoms. The van der Waals surface area contributed by atoms with Gasteiger partial charge in [0.1, 0.15) is 18.2 Å². The van der Waals surface area contributed by atoms with Crippen molar-refractivity contribution in [3.8, 4) is 11.1 Å². The van der Waals surface area contributed by atoms with E-state index in [1.165, 1.54) is 12.4 Å². The lowest BCUT2D eigenvalue weighted by Gasteiger charge is -2.23. The Hall–Kier alpha value is -3.28. The molecule has 4 heterocycles. The van der Waals surface area contributed by atoms with Crippen LogP contribution in [-0.2, 0) is 4.79 Å². The highest BCUT2D eigenvalue weighted by molar-refractivity contribution is 7.99. The summed E-state index contributed by atoms with van der Waals surface area (Å²) in [6.07, 6.45) is 3.03. The fraction of sp³-hybridized carbons (Fsp3) is 0.440. The molecule has 1 saturated heterocycles. The Bertz CT molecular complexity index is 1260. The molecule has 4 rings (SSSR count). The third-order valence-corrected chi connectivity index (χ3v) is 7.38. The Labute approximate surface area is 216 Å². The van der Waals surface area contributed by atoms with Gasteiger partial charge in [-0.25, -0.2) is 4.98 Å². The number of aromatic amines is 1. The van der Waals surface area contributed by atoms with Gasteiger partial charge in [0.2, 0.25) is 5.91 Å². The molecular formula is C25H29F3N6O2S. The zero-order valence-electron chi connectivity index (χ0n) is 20.5. The normalized spacial score (nSPS) is 16.6. The highest BCUT2D eigenvalue weighted by Gasteiger charge is 2.30. The molecule has 198 valence electrons. The molecule has 4 N–H and O–H groups in total. The summed E-state index contributed by atoms with van der Waals surface area (Å²) in [5.41, 5.74) is 2.97. The van der Waals surface area contributed by atoms with Crippen molar-refractivity contribution in [1.29, 1.82) is 0 Å². The fourth-order valence-corrected chi connectivity index (χ4v) is 5.41. The van der Waals surface area contributed by atoms with Crippen molar-refractivity contribution < 1.29 is 22.8 Å². The van der Waals surface area contributed by atoms with E-state index in [2.05, 4.69) is 25.6 Å². The van der Waals surface area contributed by atoms with Crippen LogP contribution in [0.15, 0.2) is 36.9 Å². The van der Waals surface area contributed by atoms with Crippen LogP contribution in [0.4, 0.5) is 18.9 Å². The van der Waals surface area contributed by atoms with E-state index >= 15 is 0 Å². The first kappa shape index (κ1) is 26.8. The van der Waals surface area contributed by atoms with E-state index in [0.29, 0.717) is 34.9 Å². The zero-order valence-corrected chi connectivity index (χ0v) is 21.3. The molecule has 3 aromatic rings. The van der Waals surface area contributed by atoms with Gasteiger partial charge in [-0.15, -0.1) is 0 Å². The summed E-state index contributed by atoms with van der Waals surface area (Å²) in [4.78, 5) is 36.9. The molecule has 0 bridgehead atoms. The van der Waals surface area contributed by atoms with E-state index in [1.54, 1.807) is 38.4 Å². The predicted octanol–water partition coefficient (Wildman–Crippen LogP) is 4.22. The van der Waals surface area contributed by atoms with Gasteiger partial charge >= 0.3 is 6.18 Å². The largest absolute Gasteiger partial charge is 0.405 e. The van der Waals surface area contributed by atoms with E-state index in [9.17, 15) is 22.8 Å². The number of nitrogens with zero attached hydrogens (tertiary/aromatic N) is 2. The Morgan fingerprint density at radius 3 is 2.70 bits per heavy atom. The summed E-state index contributed by atoms with van der Waals surface area (Å²) in [6.45, 7) is 2.72. The van der Waals surface area contributed by atoms with Crippen LogP contribution >= 0.6 is 11.8 Å². The van der Waals surface area contributed by atoms with E-state index in [1.807, 2.05) is 17.1 Å². The molecule has 2 atom stereocenters. The summed E-state index contributed by atoms with van der Waals surface area (Å²) >= 11 is 1.90. The van der Waals surface area contributed by atoms with Gasteiger partial charge in [0.15, 0.2) is 0 Å². The lowest BCUT2D eigenvalue weighted by atomic mass is 10.0. The first-order valence-corrected chi connectivity index (χ1v) is 13.2. The van der Waals surface area contributed by atoms with Crippen molar-refractivity contribution in [2.24, 2.45) is 11.8 Å². The predicted molar refractivity (Wildman–Crippen MR) is 138 cm³/mol. The Kier molecular flexibility index (Phi) is 8.25. The van der Waals surface area contributed by atoms with Gasteiger partial charge in [-0.2, -0.15) is 24.9 Å². The van der Waals surface area contributed by atoms with Crippen LogP contribution in [0.2, 0.25) is 0 Å². The summed E-state index contributed by atoms with van der Waals surface area (Å²) in [7, 11) is 0. The number of anilines is 1. The third kappa shape index (κ3) is 6.94. The van der Waals surface area contributed by atoms with Gasteiger partial charge in [0.25, 0.3) is 5.91 Å². The van der Waals surface area contributed by atoms with E-state index in [-0.39, 0.29) is 11.8 Å². The number of amides is 2. The molecule has 0 aliphatic carbocycles. The molecule has 1 aliphatic rings. The second-order valence-electron chi connectivity index (χ2n) is 9.42. The molecule has 0 spiro atoms. The average molecular weight is 535 g/mol. The van der Waals surface area contributed by atoms with Crippen molar-refractivity contribution in [1.82, 2.24) is 25.6 Å². The molecule has 0 aromatic carbocycles. The number of alkyl halides is 3. The number of H-pyrrole nitrogens is 1. The van der Waals surface area contributed by atoms with Crippen LogP contribution in [-0.4, -0.2) is 63.6 Å². The lowest BCUT2D eigenvalue weighted by molar-refractivity contribution is -0.139. The molecule has 12 heteroatoms. The van der Waals surface area contributed by atoms with Crippen molar-refractivity contribution in [2.75, 3.05) is 29.9 Å². The number of halogens is 3. The maximum atomic E-state index is 12.7. The third-order valence-electron chi connectivity index (χ3n) is 6.15. The van der Waals surface area contributed by atoms with E-state index < -0.39 is 24.7 Å². The van der Waals surface area contributed by atoms with Gasteiger partial charge in [-0.3, -0.25) is 14.6 Å². The number of hydrogen-bond acceptors (Lipinski definition) is 6. The van der Waals surface area contributed by atoms with Crippen molar-refractivity contribution in [3.63, 3.8) is 0 Å². The number of hydrogen-bond donors (Lipinski definition) is 4. The highest BCUT2D eigenvalue weighted by atomic mass is 32.2. The molecule has 2 amide bonds. The molecule has 8 nitrogen and oxygen atoms in total. The average Bonchev–Trinajstić information content (AvgIpc) is 3.53. The van der Waals surface area contributed by atoms with Crippen LogP contribution in [0.3, 0.4) is 0 Å². The van der Waals surface area contributed by atoms with Crippen LogP contribution < -0.4 is 16.0 Å². The molecule has 1 unspecified atom stereocenters. The molecule has 0 radical (unpaired) electrons. The monoisotopic (exact) mass is 534 g/mol. The van der Waals surface area contributed by atoms with E-state index in [4.69, 9.17) is 0 Å². The molecule has 3 aromatic heterocycles. The number of nitrogens with one attached hydrogen (secondary N) is 4. The van der Waals surface area contributed by atoms with Gasteiger partial charge in [-0.05, 0) is 41.9 Å². The highest BCUT2D eigenvalue weighted by Crippen LogP contribution is 2.30. The number of fused-ring (bicyclic) bond motifs is 1. The first-order chi connectivity index (χ1) is 17.6. The number of carbonyl (C=O) groups is 2. The Balaban J connectivity index is 1.52. The number of pyridine rings is 2. The minimum absolute atomic E-state index is 0.184. The van der Waals surface area contributed by atoms with Crippen LogP contribution in [0.1, 0.15) is 30.6 Å². The summed E-state index contributed by atoms with van der Waals surface area (Å²) in [6, 6.07) is 2.64. The zero-order chi connectivity index (χ0) is 26.6. The first-order valence-electron chi connectivity index (χ1n) is 12.0. The van der Waals surface area contributed by atoms with Crippen molar-refractivity contribution >= 4 is 40.3 Å². The number of carbonyl (C=O) groups excluding carboxylic acids is 2. The topological polar surface area (TPSA) is 112 Å². The van der Waals surface area contributed by atoms with Crippen LogP contribution in [0, 0.1) is 11.8 Å². The second-order valence-corrected chi connectivity index (χ2v) is 10.6. The Morgan fingerprint density at radius 1 is 1.19 bits per heavy atom. The van der Waals surface area contributed by atoms with Gasteiger partial charge in [0, 0.05) is 47.8 Å². The van der Waals surface area contributed by atoms with Gasteiger partial charge < -0.3 is 20.9 Å². The second kappa shape index (κ2) is 11.4. The lowest BCUT2D eigenvalue weighted by Crippen LogP contribution is -2.46.